The molecule has 0 radical (unpaired) electrons. The third-order valence-corrected chi connectivity index (χ3v) is 14.6. The van der Waals surface area contributed by atoms with Gasteiger partial charge in [-0.25, -0.2) is 0 Å². The van der Waals surface area contributed by atoms with Crippen molar-refractivity contribution < 1.29 is 0 Å². The first-order valence-electron chi connectivity index (χ1n) is 24.4. The number of nitrogens with zero attached hydrogens (tertiary/aromatic N) is 4. The molecule has 0 N–H and O–H groups in total. The summed E-state index contributed by atoms with van der Waals surface area (Å²) in [6.45, 7) is 5.33. The highest BCUT2D eigenvalue weighted by Gasteiger charge is 2.20. The number of para-hydroxylation sites is 5. The standard InChI is InChI=1S/C67H46N4/c1-45-17-5-4-16-40-68(50-18-6-2-7-19-50)61-36-28-46(41-57(45)61)48-30-38-66-59(43-48)60-44-49(47-29-37-65-58(42-47)56-24-12-15-27-64(56)69(65)51-20-8-3-9-21-51)31-39-67(60)71(66)53-34-32-52(33-35-53)70-62-25-13-10-22-54(62)55-23-11-14-26-63(55)70/h2-39,41-44H,1,40H2/b16-4-,17-5-. The predicted octanol–water partition coefficient (Wildman–Crippen LogP) is 17.6. The van der Waals surface area contributed by atoms with Crippen LogP contribution in [-0.4, -0.2) is 20.2 Å². The summed E-state index contributed by atoms with van der Waals surface area (Å²) in [5, 5.41) is 7.40. The molecule has 0 saturated carbocycles. The second kappa shape index (κ2) is 16.4. The quantitative estimate of drug-likeness (QED) is 0.163. The molecule has 4 heteroatoms. The molecular formula is C67H46N4. The van der Waals surface area contributed by atoms with Gasteiger partial charge in [-0.2, -0.15) is 0 Å². The molecule has 1 aliphatic heterocycles. The molecule has 4 nitrogen and oxygen atoms in total. The Bertz CT molecular complexity index is 4260. The summed E-state index contributed by atoms with van der Waals surface area (Å²) in [4.78, 5) is 2.37. The molecule has 3 aromatic heterocycles. The summed E-state index contributed by atoms with van der Waals surface area (Å²) in [5.41, 5.74) is 19.6. The van der Waals surface area contributed by atoms with Gasteiger partial charge < -0.3 is 18.6 Å². The van der Waals surface area contributed by atoms with Crippen LogP contribution < -0.4 is 4.90 Å². The SMILES string of the molecule is C=C1/C=C\C=C/CN(c2ccccc2)c2ccc(-c3ccc4c(c3)c3cc(-c5ccc6c(c5)c5ccccc5n6-c5ccccc5)ccc3n4-c3ccc(-n4c5ccccc5c5ccccc54)cc3)cc21. The van der Waals surface area contributed by atoms with E-state index in [4.69, 9.17) is 0 Å². The largest absolute Gasteiger partial charge is 0.337 e. The highest BCUT2D eigenvalue weighted by atomic mass is 15.1. The van der Waals surface area contributed by atoms with E-state index < -0.39 is 0 Å². The zero-order chi connectivity index (χ0) is 47.0. The molecule has 1 aliphatic rings. The van der Waals surface area contributed by atoms with Crippen LogP contribution in [0.3, 0.4) is 0 Å². The van der Waals surface area contributed by atoms with Crippen LogP contribution in [0.15, 0.2) is 261 Å². The maximum absolute atomic E-state index is 4.58. The highest BCUT2D eigenvalue weighted by molar-refractivity contribution is 6.14. The Morgan fingerprint density at radius 1 is 0.310 bits per heavy atom. The van der Waals surface area contributed by atoms with Crippen molar-refractivity contribution in [1.29, 1.82) is 0 Å². The fraction of sp³-hybridized carbons (Fsp3) is 0.0149. The van der Waals surface area contributed by atoms with Crippen LogP contribution in [0.4, 0.5) is 11.4 Å². The van der Waals surface area contributed by atoms with Gasteiger partial charge in [-0.15, -0.1) is 0 Å². The number of aromatic nitrogens is 3. The number of hydrogen-bond acceptors (Lipinski definition) is 1. The minimum absolute atomic E-state index is 0.753. The highest BCUT2D eigenvalue weighted by Crippen LogP contribution is 2.42. The van der Waals surface area contributed by atoms with Crippen molar-refractivity contribution >= 4 is 82.4 Å². The van der Waals surface area contributed by atoms with E-state index in [1.165, 1.54) is 65.5 Å². The molecule has 0 fully saturated rings. The van der Waals surface area contributed by atoms with Crippen molar-refractivity contribution in [3.05, 3.63) is 267 Å². The third-order valence-electron chi connectivity index (χ3n) is 14.6. The average molecular weight is 907 g/mol. The van der Waals surface area contributed by atoms with Crippen molar-refractivity contribution in [2.45, 2.75) is 0 Å². The molecule has 0 amide bonds. The van der Waals surface area contributed by atoms with Crippen LogP contribution in [0.25, 0.3) is 110 Å². The van der Waals surface area contributed by atoms with E-state index in [9.17, 15) is 0 Å². The monoisotopic (exact) mass is 906 g/mol. The Morgan fingerprint density at radius 3 is 1.20 bits per heavy atom. The van der Waals surface area contributed by atoms with Gasteiger partial charge in [-0.3, -0.25) is 0 Å². The first kappa shape index (κ1) is 40.7. The lowest BCUT2D eigenvalue weighted by Crippen LogP contribution is -2.18. The fourth-order valence-corrected chi connectivity index (χ4v) is 11.3. The van der Waals surface area contributed by atoms with Crippen LogP contribution in [0.1, 0.15) is 5.56 Å². The normalized spacial score (nSPS) is 13.8. The number of hydrogen-bond donors (Lipinski definition) is 0. The lowest BCUT2D eigenvalue weighted by molar-refractivity contribution is 1.09. The van der Waals surface area contributed by atoms with Gasteiger partial charge in [-0.05, 0) is 143 Å². The van der Waals surface area contributed by atoms with Gasteiger partial charge in [0.25, 0.3) is 0 Å². The second-order valence-corrected chi connectivity index (χ2v) is 18.6. The Kier molecular flexibility index (Phi) is 9.39. The van der Waals surface area contributed by atoms with Crippen molar-refractivity contribution in [3.8, 4) is 39.3 Å². The van der Waals surface area contributed by atoms with Crippen LogP contribution in [0.2, 0.25) is 0 Å². The molecule has 0 atom stereocenters. The van der Waals surface area contributed by atoms with Gasteiger partial charge in [0.15, 0.2) is 0 Å². The van der Waals surface area contributed by atoms with Crippen LogP contribution in [-0.2, 0) is 0 Å². The van der Waals surface area contributed by atoms with Crippen molar-refractivity contribution in [3.63, 3.8) is 0 Å². The van der Waals surface area contributed by atoms with E-state index in [1.54, 1.807) is 0 Å². The van der Waals surface area contributed by atoms with Crippen molar-refractivity contribution in [2.75, 3.05) is 11.4 Å². The summed E-state index contributed by atoms with van der Waals surface area (Å²) in [7, 11) is 0. The molecule has 13 aromatic rings. The second-order valence-electron chi connectivity index (χ2n) is 18.6. The number of rotatable bonds is 6. The molecular weight excluding hydrogens is 861 g/mol. The predicted molar refractivity (Wildman–Crippen MR) is 301 cm³/mol. The molecule has 4 heterocycles. The summed E-state index contributed by atoms with van der Waals surface area (Å²) >= 11 is 0. The number of benzene rings is 10. The Labute approximate surface area is 411 Å². The van der Waals surface area contributed by atoms with Gasteiger partial charge in [-0.1, -0.05) is 146 Å². The van der Waals surface area contributed by atoms with E-state index in [2.05, 4.69) is 280 Å². The Hall–Kier alpha value is -9.38. The summed E-state index contributed by atoms with van der Waals surface area (Å²) in [5.74, 6) is 0. The zero-order valence-corrected chi connectivity index (χ0v) is 39.0. The topological polar surface area (TPSA) is 18.0 Å². The van der Waals surface area contributed by atoms with Crippen molar-refractivity contribution in [1.82, 2.24) is 13.7 Å². The lowest BCUT2D eigenvalue weighted by Gasteiger charge is -2.27. The minimum atomic E-state index is 0.753. The minimum Gasteiger partial charge on any atom is -0.337 e. The maximum Gasteiger partial charge on any atom is 0.0541 e. The van der Waals surface area contributed by atoms with Crippen LogP contribution in [0.5, 0.6) is 0 Å². The van der Waals surface area contributed by atoms with Crippen LogP contribution in [0, 0.1) is 0 Å². The molecule has 71 heavy (non-hydrogen) atoms. The van der Waals surface area contributed by atoms with Gasteiger partial charge >= 0.3 is 0 Å². The van der Waals surface area contributed by atoms with Crippen molar-refractivity contribution in [2.24, 2.45) is 0 Å². The Morgan fingerprint density at radius 2 is 0.690 bits per heavy atom. The van der Waals surface area contributed by atoms with Gasteiger partial charge in [0, 0.05) is 72.9 Å². The molecule has 0 aliphatic carbocycles. The van der Waals surface area contributed by atoms with Crippen LogP contribution >= 0.6 is 0 Å². The van der Waals surface area contributed by atoms with Gasteiger partial charge in [0.05, 0.1) is 33.1 Å². The third kappa shape index (κ3) is 6.60. The number of anilines is 2. The number of fused-ring (bicyclic) bond motifs is 10. The van der Waals surface area contributed by atoms with Gasteiger partial charge in [0.2, 0.25) is 0 Å². The smallest absolute Gasteiger partial charge is 0.0541 e. The number of allylic oxidation sites excluding steroid dienone is 4. The van der Waals surface area contributed by atoms with Gasteiger partial charge in [0.1, 0.15) is 0 Å². The van der Waals surface area contributed by atoms with E-state index in [-0.39, 0.29) is 0 Å². The molecule has 10 aromatic carbocycles. The molecule has 0 spiro atoms. The summed E-state index contributed by atoms with van der Waals surface area (Å²) < 4.78 is 7.20. The zero-order valence-electron chi connectivity index (χ0n) is 39.0. The molecule has 14 rings (SSSR count). The maximum atomic E-state index is 4.58. The average Bonchev–Trinajstić information content (AvgIpc) is 4.09. The fourth-order valence-electron chi connectivity index (χ4n) is 11.3. The van der Waals surface area contributed by atoms with E-state index in [1.807, 2.05) is 0 Å². The van der Waals surface area contributed by atoms with E-state index in [0.29, 0.717) is 0 Å². The van der Waals surface area contributed by atoms with E-state index >= 15 is 0 Å². The lowest BCUT2D eigenvalue weighted by atomic mass is 9.95. The summed E-state index contributed by atoms with van der Waals surface area (Å²) in [6, 6.07) is 84.4. The molecule has 0 unspecified atom stereocenters. The first-order chi connectivity index (χ1) is 35.1. The first-order valence-corrected chi connectivity index (χ1v) is 24.4. The van der Waals surface area contributed by atoms with E-state index in [0.717, 1.165) is 68.3 Å². The molecule has 0 saturated heterocycles. The Balaban J connectivity index is 0.943. The molecule has 0 bridgehead atoms. The molecule has 334 valence electrons. The summed E-state index contributed by atoms with van der Waals surface area (Å²) in [6.07, 6.45) is 8.54.